The first kappa shape index (κ1) is 22.8. The van der Waals surface area contributed by atoms with Crippen LogP contribution in [0.5, 0.6) is 0 Å². The van der Waals surface area contributed by atoms with Crippen molar-refractivity contribution in [1.29, 1.82) is 0 Å². The lowest BCUT2D eigenvalue weighted by atomic mass is 9.41. The largest absolute Gasteiger partial charge is 0.393 e. The Labute approximate surface area is 184 Å². The average Bonchev–Trinajstić information content (AvgIpc) is 3.05. The van der Waals surface area contributed by atoms with Crippen LogP contribution in [0.2, 0.25) is 0 Å². The molecule has 0 saturated heterocycles. The van der Waals surface area contributed by atoms with Crippen LogP contribution in [0.3, 0.4) is 0 Å². The van der Waals surface area contributed by atoms with E-state index in [2.05, 4.69) is 27.7 Å². The van der Waals surface area contributed by atoms with Gasteiger partial charge in [0.15, 0.2) is 0 Å². The molecular formula is C27H46O3. The van der Waals surface area contributed by atoms with Gasteiger partial charge in [-0.05, 0) is 111 Å². The Kier molecular flexibility index (Phi) is 6.21. The first-order chi connectivity index (χ1) is 14.1. The van der Waals surface area contributed by atoms with Crippen molar-refractivity contribution in [2.45, 2.75) is 111 Å². The number of fused-ring (bicyclic) bond motifs is 5. The molecule has 30 heavy (non-hydrogen) atoms. The number of aliphatic hydroxyl groups is 2. The van der Waals surface area contributed by atoms with E-state index in [1.54, 1.807) is 6.92 Å². The topological polar surface area (TPSA) is 57.5 Å². The van der Waals surface area contributed by atoms with E-state index in [4.69, 9.17) is 0 Å². The minimum absolute atomic E-state index is 0.173. The highest BCUT2D eigenvalue weighted by atomic mass is 16.3. The SMILES string of the molecule is CC[C@H]1[C@@H](O)[C@@H]2[C@H](CC[C@]3(C)C([C@@H](C)CCC(C)=O)CC[C@@H]23)[C@@]2(C)CC[C@@H](O)C[C@@H]12. The molecule has 0 radical (unpaired) electrons. The maximum atomic E-state index is 11.7. The Bertz CT molecular complexity index is 646. The van der Waals surface area contributed by atoms with Crippen LogP contribution in [0.25, 0.3) is 0 Å². The molecular weight excluding hydrogens is 372 g/mol. The van der Waals surface area contributed by atoms with Crippen molar-refractivity contribution in [2.75, 3.05) is 0 Å². The monoisotopic (exact) mass is 418 g/mol. The Hall–Kier alpha value is -0.410. The number of hydrogen-bond acceptors (Lipinski definition) is 3. The number of rotatable bonds is 5. The number of hydrogen-bond donors (Lipinski definition) is 2. The van der Waals surface area contributed by atoms with Crippen LogP contribution in [-0.2, 0) is 4.79 Å². The van der Waals surface area contributed by atoms with Crippen molar-refractivity contribution in [3.05, 3.63) is 0 Å². The van der Waals surface area contributed by atoms with Gasteiger partial charge >= 0.3 is 0 Å². The van der Waals surface area contributed by atoms with Gasteiger partial charge in [-0.1, -0.05) is 34.1 Å². The number of carbonyl (C=O) groups is 1. The summed E-state index contributed by atoms with van der Waals surface area (Å²) in [4.78, 5) is 11.6. The summed E-state index contributed by atoms with van der Waals surface area (Å²) < 4.78 is 0. The zero-order valence-corrected chi connectivity index (χ0v) is 20.1. The van der Waals surface area contributed by atoms with Crippen LogP contribution in [0.1, 0.15) is 98.8 Å². The van der Waals surface area contributed by atoms with Gasteiger partial charge in [0.1, 0.15) is 5.78 Å². The van der Waals surface area contributed by atoms with E-state index in [1.807, 2.05) is 0 Å². The summed E-state index contributed by atoms with van der Waals surface area (Å²) in [5.41, 5.74) is 0.595. The molecule has 3 heteroatoms. The van der Waals surface area contributed by atoms with Crippen LogP contribution in [0.4, 0.5) is 0 Å². The fourth-order valence-electron chi connectivity index (χ4n) is 9.56. The maximum Gasteiger partial charge on any atom is 0.129 e. The molecule has 3 nitrogen and oxygen atoms in total. The molecule has 0 heterocycles. The first-order valence-electron chi connectivity index (χ1n) is 13.0. The van der Waals surface area contributed by atoms with Gasteiger partial charge in [-0.2, -0.15) is 0 Å². The van der Waals surface area contributed by atoms with Crippen molar-refractivity contribution in [3.8, 4) is 0 Å². The number of ketones is 1. The normalized spacial score (nSPS) is 51.6. The standard InChI is InChI=1S/C27H46O3/c1-6-19-23-15-18(29)11-13-27(23,5)22-12-14-26(4)20(16(2)7-8-17(3)28)9-10-21(26)24(22)25(19)30/h16,18-25,29-30H,6-15H2,1-5H3/t16-,18+,19+,20?,21-,22-,23-,24-,25+,26+,27+/m0/s1. The van der Waals surface area contributed by atoms with Crippen LogP contribution in [0.15, 0.2) is 0 Å². The lowest BCUT2D eigenvalue weighted by Crippen LogP contribution is -2.62. The van der Waals surface area contributed by atoms with E-state index in [9.17, 15) is 15.0 Å². The second-order valence-electron chi connectivity index (χ2n) is 12.3. The van der Waals surface area contributed by atoms with Crippen molar-refractivity contribution in [3.63, 3.8) is 0 Å². The highest BCUT2D eigenvalue weighted by Crippen LogP contribution is 2.69. The van der Waals surface area contributed by atoms with E-state index in [-0.39, 0.29) is 17.6 Å². The van der Waals surface area contributed by atoms with Crippen molar-refractivity contribution >= 4 is 5.78 Å². The van der Waals surface area contributed by atoms with Gasteiger partial charge in [0.2, 0.25) is 0 Å². The van der Waals surface area contributed by atoms with E-state index in [0.717, 1.165) is 32.1 Å². The molecule has 2 N–H and O–H groups in total. The van der Waals surface area contributed by atoms with Crippen LogP contribution >= 0.6 is 0 Å². The van der Waals surface area contributed by atoms with E-state index in [1.165, 1.54) is 25.7 Å². The second kappa shape index (κ2) is 8.18. The minimum atomic E-state index is -0.209. The fraction of sp³-hybridized carbons (Fsp3) is 0.963. The summed E-state index contributed by atoms with van der Waals surface area (Å²) in [6.07, 6.45) is 10.4. The molecule has 0 amide bonds. The molecule has 0 bridgehead atoms. The molecule has 0 spiro atoms. The molecule has 0 aliphatic heterocycles. The molecule has 0 aromatic rings. The maximum absolute atomic E-state index is 11.7. The van der Waals surface area contributed by atoms with Gasteiger partial charge in [-0.15, -0.1) is 0 Å². The van der Waals surface area contributed by atoms with Crippen LogP contribution < -0.4 is 0 Å². The third-order valence-corrected chi connectivity index (χ3v) is 11.1. The summed E-state index contributed by atoms with van der Waals surface area (Å²) in [5, 5.41) is 22.2. The smallest absolute Gasteiger partial charge is 0.129 e. The van der Waals surface area contributed by atoms with Crippen molar-refractivity contribution in [1.82, 2.24) is 0 Å². The summed E-state index contributed by atoms with van der Waals surface area (Å²) >= 11 is 0. The molecule has 0 aromatic carbocycles. The van der Waals surface area contributed by atoms with Gasteiger partial charge in [0.05, 0.1) is 12.2 Å². The number of aliphatic hydroxyl groups excluding tert-OH is 2. The summed E-state index contributed by atoms with van der Waals surface area (Å²) in [5.74, 6) is 4.06. The number of Topliss-reactive ketones (excluding diaryl/α,β-unsaturated/α-hetero) is 1. The van der Waals surface area contributed by atoms with Crippen LogP contribution in [0, 0.1) is 52.3 Å². The van der Waals surface area contributed by atoms with Crippen LogP contribution in [-0.4, -0.2) is 28.2 Å². The predicted octanol–water partition coefficient (Wildman–Crippen LogP) is 5.62. The minimum Gasteiger partial charge on any atom is -0.393 e. The highest BCUT2D eigenvalue weighted by Gasteiger charge is 2.64. The van der Waals surface area contributed by atoms with E-state index < -0.39 is 0 Å². The molecule has 172 valence electrons. The molecule has 4 saturated carbocycles. The Morgan fingerprint density at radius 3 is 2.33 bits per heavy atom. The van der Waals surface area contributed by atoms with Crippen molar-refractivity contribution < 1.29 is 15.0 Å². The molecule has 4 aliphatic carbocycles. The molecule has 1 unspecified atom stereocenters. The van der Waals surface area contributed by atoms with Crippen molar-refractivity contribution in [2.24, 2.45) is 52.3 Å². The molecule has 4 rings (SSSR count). The molecule has 4 fully saturated rings. The van der Waals surface area contributed by atoms with Gasteiger partial charge < -0.3 is 15.0 Å². The lowest BCUT2D eigenvalue weighted by molar-refractivity contribution is -0.203. The molecule has 4 aliphatic rings. The Morgan fingerprint density at radius 1 is 1.00 bits per heavy atom. The van der Waals surface area contributed by atoms with Gasteiger partial charge in [-0.25, -0.2) is 0 Å². The Balaban J connectivity index is 1.61. The van der Waals surface area contributed by atoms with Gasteiger partial charge in [0.25, 0.3) is 0 Å². The summed E-state index contributed by atoms with van der Waals surface area (Å²) in [7, 11) is 0. The zero-order valence-electron chi connectivity index (χ0n) is 20.1. The third kappa shape index (κ3) is 3.41. The highest BCUT2D eigenvalue weighted by molar-refractivity contribution is 5.75. The Morgan fingerprint density at radius 2 is 1.67 bits per heavy atom. The predicted molar refractivity (Wildman–Crippen MR) is 121 cm³/mol. The molecule has 11 atom stereocenters. The fourth-order valence-corrected chi connectivity index (χ4v) is 9.56. The van der Waals surface area contributed by atoms with Gasteiger partial charge in [-0.3, -0.25) is 0 Å². The second-order valence-corrected chi connectivity index (χ2v) is 12.3. The van der Waals surface area contributed by atoms with E-state index in [0.29, 0.717) is 59.0 Å². The average molecular weight is 419 g/mol. The first-order valence-corrected chi connectivity index (χ1v) is 13.0. The third-order valence-electron chi connectivity index (χ3n) is 11.1. The zero-order chi connectivity index (χ0) is 21.8. The summed E-state index contributed by atoms with van der Waals surface area (Å²) in [6.45, 7) is 11.4. The molecule has 0 aromatic heterocycles. The lowest BCUT2D eigenvalue weighted by Gasteiger charge is -2.64. The summed E-state index contributed by atoms with van der Waals surface area (Å²) in [6, 6.07) is 0. The quantitative estimate of drug-likeness (QED) is 0.609. The van der Waals surface area contributed by atoms with E-state index >= 15 is 0 Å². The van der Waals surface area contributed by atoms with Gasteiger partial charge in [0, 0.05) is 6.42 Å². The number of carbonyl (C=O) groups excluding carboxylic acids is 1.